The minimum absolute atomic E-state index is 0.0518. The summed E-state index contributed by atoms with van der Waals surface area (Å²) in [6.07, 6.45) is 16.6. The molecule has 3 rings (SSSR count). The van der Waals surface area contributed by atoms with Crippen LogP contribution >= 0.6 is 7.82 Å². The van der Waals surface area contributed by atoms with Gasteiger partial charge in [0.25, 0.3) is 0 Å². The number of nitrogens with two attached hydrogens (primary N) is 1. The molecule has 2 heterocycles. The molecule has 0 radical (unpaired) electrons. The summed E-state index contributed by atoms with van der Waals surface area (Å²) < 4.78 is 50.1. The van der Waals surface area contributed by atoms with Gasteiger partial charge in [-0.15, -0.1) is 0 Å². The van der Waals surface area contributed by atoms with Crippen LogP contribution in [0.4, 0.5) is 10.2 Å². The number of aromatic nitrogens is 3. The van der Waals surface area contributed by atoms with E-state index < -0.39 is 44.2 Å². The van der Waals surface area contributed by atoms with Crippen LogP contribution in [0, 0.1) is 28.5 Å². The van der Waals surface area contributed by atoms with Crippen LogP contribution in [0.15, 0.2) is 36.7 Å². The van der Waals surface area contributed by atoms with Crippen LogP contribution in [0.2, 0.25) is 0 Å². The lowest BCUT2D eigenvalue weighted by molar-refractivity contribution is -0.134. The molecule has 310 valence electrons. The summed E-state index contributed by atoms with van der Waals surface area (Å²) in [6.45, 7) is 0.818. The number of unbranched alkanes of at least 4 members (excludes halogenated alkanes) is 15. The lowest BCUT2D eigenvalue weighted by atomic mass is 9.93. The fourth-order valence-electron chi connectivity index (χ4n) is 6.56. The van der Waals surface area contributed by atoms with E-state index >= 15 is 0 Å². The average molecular weight is 803 g/mol. The molecule has 0 amide bonds. The second-order valence-electron chi connectivity index (χ2n) is 14.3. The second-order valence-corrected chi connectivity index (χ2v) is 15.8. The number of benzene rings is 1. The highest BCUT2D eigenvalue weighted by Crippen LogP contribution is 2.45. The van der Waals surface area contributed by atoms with E-state index in [9.17, 15) is 34.6 Å². The third kappa shape index (κ3) is 15.4. The predicted molar refractivity (Wildman–Crippen MR) is 209 cm³/mol. The maximum Gasteiger partial charge on any atom is 0.472 e. The Kier molecular flexibility index (Phi) is 20.9. The van der Waals surface area contributed by atoms with Gasteiger partial charge in [-0.3, -0.25) is 9.05 Å². The topological polar surface area (TPSA) is 218 Å². The molecule has 0 saturated heterocycles. The molecule has 14 nitrogen and oxygen atoms in total. The largest absolute Gasteiger partial charge is 0.472 e. The van der Waals surface area contributed by atoms with Crippen LogP contribution in [0.1, 0.15) is 139 Å². The number of hydrogen-bond acceptors (Lipinski definition) is 12. The molecular weight excluding hydrogens is 742 g/mol. The molecule has 0 aliphatic heterocycles. The summed E-state index contributed by atoms with van der Waals surface area (Å²) in [5, 5.41) is 45.4. The molecule has 5 atom stereocenters. The Labute approximate surface area is 330 Å². The van der Waals surface area contributed by atoms with E-state index in [0.717, 1.165) is 45.2 Å². The third-order valence-electron chi connectivity index (χ3n) is 9.96. The number of hydrogen-bond donors (Lipinski definition) is 4. The highest BCUT2D eigenvalue weighted by Gasteiger charge is 2.46. The number of rotatable bonds is 30. The third-order valence-corrected chi connectivity index (χ3v) is 10.9. The van der Waals surface area contributed by atoms with E-state index in [1.807, 2.05) is 6.07 Å². The number of halogens is 1. The zero-order valence-electron chi connectivity index (χ0n) is 32.9. The Morgan fingerprint density at radius 1 is 0.929 bits per heavy atom. The van der Waals surface area contributed by atoms with E-state index in [1.54, 1.807) is 6.07 Å². The van der Waals surface area contributed by atoms with Crippen molar-refractivity contribution in [1.82, 2.24) is 14.6 Å². The van der Waals surface area contributed by atoms with Crippen molar-refractivity contribution in [1.29, 1.82) is 10.5 Å². The van der Waals surface area contributed by atoms with Crippen molar-refractivity contribution in [2.24, 2.45) is 0 Å². The number of phosphoric ester groups is 1. The first-order valence-electron chi connectivity index (χ1n) is 19.8. The number of nitriles is 2. The van der Waals surface area contributed by atoms with Crippen LogP contribution in [0.3, 0.4) is 0 Å². The first kappa shape index (κ1) is 46.9. The van der Waals surface area contributed by atoms with Gasteiger partial charge in [0, 0.05) is 7.11 Å². The molecule has 16 heteroatoms. The van der Waals surface area contributed by atoms with Gasteiger partial charge in [0.2, 0.25) is 5.60 Å². The van der Waals surface area contributed by atoms with E-state index in [2.05, 4.69) is 17.0 Å². The number of fused-ring (bicyclic) bond motifs is 1. The molecule has 2 aromatic heterocycles. The lowest BCUT2D eigenvalue weighted by Crippen LogP contribution is -2.50. The van der Waals surface area contributed by atoms with Crippen LogP contribution in [0.5, 0.6) is 0 Å². The molecule has 3 aromatic rings. The monoisotopic (exact) mass is 802 g/mol. The fraction of sp³-hybridized carbons (Fsp3) is 0.650. The van der Waals surface area contributed by atoms with Crippen molar-refractivity contribution in [2.75, 3.05) is 26.1 Å². The molecule has 56 heavy (non-hydrogen) atoms. The number of nitrogen functional groups attached to an aromatic ring is 1. The SMILES string of the molecule is CCCCCCCCCCCCCCCCCC[C@H](COP(=O)(O)OC[C@@](C#N)(OC)[C@@H](O)[C@@H](O)c1ccc2c(N)ncnn12)OCc1cc(F)cc(C#N)c1. The zero-order valence-corrected chi connectivity index (χ0v) is 33.8. The molecule has 0 aliphatic carbocycles. The number of nitrogens with zero attached hydrogens (tertiary/aromatic N) is 5. The Hall–Kier alpha value is -3.50. The van der Waals surface area contributed by atoms with E-state index in [1.165, 1.54) is 106 Å². The van der Waals surface area contributed by atoms with Gasteiger partial charge in [0.15, 0.2) is 5.82 Å². The molecule has 0 aliphatic rings. The molecule has 0 spiro atoms. The standard InChI is InChI=1S/C40H60FN6O8P/c1-3-4-5-6-7-8-9-10-11-12-13-14-15-16-17-18-19-34(53-26-32-22-31(25-42)23-33(41)24-32)27-54-56(50,51)55-29-40(28-43,52-2)38(49)37(48)35-20-21-36-39(44)45-30-46-47(35)36/h20-24,30,34,37-38,48-49H,3-19,26-27,29H2,1-2H3,(H,50,51)(H2,44,45,46)/t34-,37+,38+,40-/m1/s1. The quantitative estimate of drug-likeness (QED) is 0.0371. The smallest absolute Gasteiger partial charge is 0.386 e. The van der Waals surface area contributed by atoms with Crippen molar-refractivity contribution in [3.05, 3.63) is 59.3 Å². The Balaban J connectivity index is 1.50. The van der Waals surface area contributed by atoms with Gasteiger partial charge in [-0.1, -0.05) is 110 Å². The molecular formula is C40H60FN6O8P. The normalized spacial score (nSPS) is 15.4. The summed E-state index contributed by atoms with van der Waals surface area (Å²) in [5.74, 6) is -0.469. The van der Waals surface area contributed by atoms with E-state index in [0.29, 0.717) is 17.5 Å². The Morgan fingerprint density at radius 3 is 2.11 bits per heavy atom. The van der Waals surface area contributed by atoms with Gasteiger partial charge < -0.3 is 30.3 Å². The summed E-state index contributed by atoms with van der Waals surface area (Å²) in [4.78, 5) is 14.5. The van der Waals surface area contributed by atoms with Crippen molar-refractivity contribution in [3.63, 3.8) is 0 Å². The van der Waals surface area contributed by atoms with Gasteiger partial charge >= 0.3 is 7.82 Å². The van der Waals surface area contributed by atoms with E-state index in [-0.39, 0.29) is 30.3 Å². The van der Waals surface area contributed by atoms with Crippen LogP contribution in [-0.2, 0) is 29.7 Å². The average Bonchev–Trinajstić information content (AvgIpc) is 3.64. The zero-order chi connectivity index (χ0) is 40.8. The molecule has 0 fully saturated rings. The second kappa shape index (κ2) is 25.0. The maximum absolute atomic E-state index is 14.1. The summed E-state index contributed by atoms with van der Waals surface area (Å²) in [5.41, 5.74) is 4.49. The lowest BCUT2D eigenvalue weighted by Gasteiger charge is -2.33. The Morgan fingerprint density at radius 2 is 1.54 bits per heavy atom. The predicted octanol–water partition coefficient (Wildman–Crippen LogP) is 8.00. The first-order chi connectivity index (χ1) is 27.0. The van der Waals surface area contributed by atoms with Crippen molar-refractivity contribution in [3.8, 4) is 12.1 Å². The minimum atomic E-state index is -4.89. The summed E-state index contributed by atoms with van der Waals surface area (Å²) in [6, 6.07) is 10.5. The maximum atomic E-state index is 14.1. The summed E-state index contributed by atoms with van der Waals surface area (Å²) >= 11 is 0. The number of anilines is 1. The van der Waals surface area contributed by atoms with Gasteiger partial charge in [-0.2, -0.15) is 15.6 Å². The Bertz CT molecular complexity index is 1730. The number of phosphoric acid groups is 1. The molecule has 5 N–H and O–H groups in total. The number of ether oxygens (including phenoxy) is 2. The number of aliphatic hydroxyl groups excluding tert-OH is 2. The number of methoxy groups -OCH3 is 1. The van der Waals surface area contributed by atoms with Crippen molar-refractivity contribution >= 4 is 19.2 Å². The van der Waals surface area contributed by atoms with Crippen LogP contribution < -0.4 is 5.73 Å². The fourth-order valence-corrected chi connectivity index (χ4v) is 7.35. The van der Waals surface area contributed by atoms with Crippen LogP contribution in [-0.4, -0.2) is 67.8 Å². The van der Waals surface area contributed by atoms with E-state index in [4.69, 9.17) is 24.3 Å². The van der Waals surface area contributed by atoms with Crippen LogP contribution in [0.25, 0.3) is 5.52 Å². The molecule has 1 aromatic carbocycles. The number of aliphatic hydroxyl groups is 2. The molecule has 1 unspecified atom stereocenters. The first-order valence-corrected chi connectivity index (χ1v) is 21.3. The highest BCUT2D eigenvalue weighted by molar-refractivity contribution is 7.47. The van der Waals surface area contributed by atoms with Crippen molar-refractivity contribution in [2.45, 2.75) is 147 Å². The highest BCUT2D eigenvalue weighted by atomic mass is 31.2. The molecule has 0 saturated carbocycles. The minimum Gasteiger partial charge on any atom is -0.386 e. The van der Waals surface area contributed by atoms with Crippen molar-refractivity contribution < 1.29 is 42.6 Å². The summed E-state index contributed by atoms with van der Waals surface area (Å²) in [7, 11) is -3.81. The van der Waals surface area contributed by atoms with Gasteiger partial charge in [0.1, 0.15) is 42.5 Å². The molecule has 0 bridgehead atoms. The van der Waals surface area contributed by atoms with Gasteiger partial charge in [-0.25, -0.2) is 18.5 Å². The van der Waals surface area contributed by atoms with Gasteiger partial charge in [-0.05, 0) is 42.3 Å². The van der Waals surface area contributed by atoms with Gasteiger partial charge in [0.05, 0.1) is 36.6 Å².